The minimum Gasteiger partial charge on any atom is -0.480 e. The number of rotatable bonds is 4. The summed E-state index contributed by atoms with van der Waals surface area (Å²) in [5, 5.41) is 19.3. The molecular weight excluding hydrogens is 431 g/mol. The molecule has 0 bridgehead atoms. The van der Waals surface area contributed by atoms with Gasteiger partial charge in [-0.2, -0.15) is 5.26 Å². The van der Waals surface area contributed by atoms with Crippen molar-refractivity contribution in [3.05, 3.63) is 94.3 Å². The van der Waals surface area contributed by atoms with Crippen LogP contribution >= 0.6 is 11.6 Å². The van der Waals surface area contributed by atoms with Crippen LogP contribution in [0.3, 0.4) is 0 Å². The zero-order valence-corrected chi connectivity index (χ0v) is 17.6. The van der Waals surface area contributed by atoms with Crippen LogP contribution in [0.4, 0.5) is 4.39 Å². The molecule has 32 heavy (non-hydrogen) atoms. The van der Waals surface area contributed by atoms with Gasteiger partial charge in [0.2, 0.25) is 0 Å². The van der Waals surface area contributed by atoms with Gasteiger partial charge in [0.15, 0.2) is 0 Å². The molecule has 1 N–H and O–H groups in total. The summed E-state index contributed by atoms with van der Waals surface area (Å²) in [5.74, 6) is -2.07. The summed E-state index contributed by atoms with van der Waals surface area (Å²) in [6, 6.07) is 18.0. The van der Waals surface area contributed by atoms with Gasteiger partial charge in [-0.25, -0.2) is 9.18 Å². The number of amides is 1. The molecule has 1 amide bonds. The van der Waals surface area contributed by atoms with Crippen molar-refractivity contribution in [3.8, 4) is 17.2 Å². The first-order valence-corrected chi connectivity index (χ1v) is 10.4. The number of halogens is 2. The van der Waals surface area contributed by atoms with Crippen LogP contribution in [0, 0.1) is 17.1 Å². The van der Waals surface area contributed by atoms with E-state index in [-0.39, 0.29) is 12.0 Å². The SMILES string of the molecule is N#Cc1ccc(Cl)c(-c2ccc(C(=O)N3C(C(=O)O)CCC3c3ccccc3F)cc2)c1. The van der Waals surface area contributed by atoms with Gasteiger partial charge in [-0.1, -0.05) is 41.9 Å². The molecule has 160 valence electrons. The Hall–Kier alpha value is -3.69. The highest BCUT2D eigenvalue weighted by Gasteiger charge is 2.42. The van der Waals surface area contributed by atoms with Crippen molar-refractivity contribution >= 4 is 23.5 Å². The van der Waals surface area contributed by atoms with Crippen LogP contribution in [0.25, 0.3) is 11.1 Å². The third-order valence-corrected chi connectivity index (χ3v) is 6.04. The lowest BCUT2D eigenvalue weighted by atomic mass is 10.0. The topological polar surface area (TPSA) is 81.4 Å². The third kappa shape index (κ3) is 3.95. The van der Waals surface area contributed by atoms with Crippen molar-refractivity contribution < 1.29 is 19.1 Å². The number of nitriles is 1. The molecule has 0 radical (unpaired) electrons. The highest BCUT2D eigenvalue weighted by molar-refractivity contribution is 6.33. The molecule has 5 nitrogen and oxygen atoms in total. The molecule has 1 saturated heterocycles. The summed E-state index contributed by atoms with van der Waals surface area (Å²) in [6.45, 7) is 0. The number of nitrogens with zero attached hydrogens (tertiary/aromatic N) is 2. The van der Waals surface area contributed by atoms with E-state index in [0.29, 0.717) is 33.7 Å². The van der Waals surface area contributed by atoms with E-state index in [1.54, 1.807) is 60.7 Å². The zero-order chi connectivity index (χ0) is 22.8. The minimum absolute atomic E-state index is 0.245. The lowest BCUT2D eigenvalue weighted by molar-refractivity contribution is -0.141. The maximum absolute atomic E-state index is 14.4. The van der Waals surface area contributed by atoms with Crippen LogP contribution in [-0.4, -0.2) is 27.9 Å². The van der Waals surface area contributed by atoms with Crippen molar-refractivity contribution in [1.29, 1.82) is 5.26 Å². The molecule has 3 aromatic rings. The van der Waals surface area contributed by atoms with Crippen molar-refractivity contribution in [2.75, 3.05) is 0 Å². The summed E-state index contributed by atoms with van der Waals surface area (Å²) in [7, 11) is 0. The van der Waals surface area contributed by atoms with Gasteiger partial charge in [-0.15, -0.1) is 0 Å². The Morgan fingerprint density at radius 2 is 1.78 bits per heavy atom. The normalized spacial score (nSPS) is 17.7. The number of carbonyl (C=O) groups excluding carboxylic acids is 1. The van der Waals surface area contributed by atoms with Crippen LogP contribution in [-0.2, 0) is 4.79 Å². The number of benzene rings is 3. The van der Waals surface area contributed by atoms with E-state index in [0.717, 1.165) is 0 Å². The minimum atomic E-state index is -1.12. The quantitative estimate of drug-likeness (QED) is 0.575. The molecule has 1 heterocycles. The summed E-state index contributed by atoms with van der Waals surface area (Å²) in [6.07, 6.45) is 0.604. The lowest BCUT2D eigenvalue weighted by Crippen LogP contribution is -2.42. The number of carboxylic acids is 1. The monoisotopic (exact) mass is 448 g/mol. The Morgan fingerprint density at radius 3 is 2.44 bits per heavy atom. The molecule has 1 fully saturated rings. The van der Waals surface area contributed by atoms with Crippen LogP contribution < -0.4 is 0 Å². The summed E-state index contributed by atoms with van der Waals surface area (Å²) in [5.41, 5.74) is 2.42. The fraction of sp³-hybridized carbons (Fsp3) is 0.160. The number of carboxylic acid groups (broad SMARTS) is 1. The highest BCUT2D eigenvalue weighted by atomic mass is 35.5. The second kappa shape index (κ2) is 8.81. The fourth-order valence-corrected chi connectivity index (χ4v) is 4.37. The summed E-state index contributed by atoms with van der Waals surface area (Å²) < 4.78 is 14.4. The summed E-state index contributed by atoms with van der Waals surface area (Å²) >= 11 is 6.26. The average molecular weight is 449 g/mol. The van der Waals surface area contributed by atoms with Crippen molar-refractivity contribution in [2.45, 2.75) is 24.9 Å². The van der Waals surface area contributed by atoms with Crippen molar-refractivity contribution in [2.24, 2.45) is 0 Å². The van der Waals surface area contributed by atoms with Crippen LogP contribution in [0.15, 0.2) is 66.7 Å². The van der Waals surface area contributed by atoms with Crippen molar-refractivity contribution in [3.63, 3.8) is 0 Å². The van der Waals surface area contributed by atoms with E-state index in [1.807, 2.05) is 0 Å². The fourth-order valence-electron chi connectivity index (χ4n) is 4.14. The first kappa shape index (κ1) is 21.5. The highest BCUT2D eigenvalue weighted by Crippen LogP contribution is 2.39. The number of aliphatic carboxylic acids is 1. The molecule has 0 spiro atoms. The zero-order valence-electron chi connectivity index (χ0n) is 16.8. The standard InChI is InChI=1S/C25H18ClFN2O3/c26-20-10-5-15(14-28)13-19(20)16-6-8-17(9-7-16)24(30)29-22(11-12-23(29)25(31)32)18-3-1-2-4-21(18)27/h1-10,13,22-23H,11-12H2,(H,31,32). The second-order valence-corrected chi connectivity index (χ2v) is 7.97. The Balaban J connectivity index is 1.68. The Bertz CT molecular complexity index is 1240. The largest absolute Gasteiger partial charge is 0.480 e. The number of hydrogen-bond acceptors (Lipinski definition) is 3. The number of hydrogen-bond donors (Lipinski definition) is 1. The molecule has 0 saturated carbocycles. The molecule has 2 unspecified atom stereocenters. The van der Waals surface area contributed by atoms with Gasteiger partial charge in [-0.05, 0) is 54.8 Å². The maximum Gasteiger partial charge on any atom is 0.326 e. The Morgan fingerprint density at radius 1 is 1.06 bits per heavy atom. The predicted molar refractivity (Wildman–Crippen MR) is 118 cm³/mol. The van der Waals surface area contributed by atoms with E-state index in [1.165, 1.54) is 11.0 Å². The Kier molecular flexibility index (Phi) is 5.93. The van der Waals surface area contributed by atoms with Gasteiger partial charge >= 0.3 is 5.97 Å². The van der Waals surface area contributed by atoms with Crippen LogP contribution in [0.5, 0.6) is 0 Å². The molecule has 1 aliphatic heterocycles. The van der Waals surface area contributed by atoms with E-state index in [9.17, 15) is 19.1 Å². The molecule has 0 aliphatic carbocycles. The Labute approximate surface area is 189 Å². The first-order valence-electron chi connectivity index (χ1n) is 10.0. The summed E-state index contributed by atoms with van der Waals surface area (Å²) in [4.78, 5) is 26.4. The maximum atomic E-state index is 14.4. The smallest absolute Gasteiger partial charge is 0.326 e. The van der Waals surface area contributed by atoms with Crippen LogP contribution in [0.2, 0.25) is 5.02 Å². The molecule has 0 aromatic heterocycles. The molecule has 2 atom stereocenters. The van der Waals surface area contributed by atoms with Crippen LogP contribution in [0.1, 0.15) is 40.4 Å². The average Bonchev–Trinajstić information content (AvgIpc) is 3.24. The molecule has 1 aliphatic rings. The molecule has 4 rings (SSSR count). The third-order valence-electron chi connectivity index (χ3n) is 5.71. The van der Waals surface area contributed by atoms with E-state index < -0.39 is 29.8 Å². The first-order chi connectivity index (χ1) is 15.4. The predicted octanol–water partition coefficient (Wildman–Crippen LogP) is 5.45. The van der Waals surface area contributed by atoms with Gasteiger partial charge in [-0.3, -0.25) is 4.79 Å². The number of likely N-dealkylation sites (tertiary alicyclic amines) is 1. The van der Waals surface area contributed by atoms with Gasteiger partial charge in [0.05, 0.1) is 17.7 Å². The molecule has 3 aromatic carbocycles. The van der Waals surface area contributed by atoms with Gasteiger partial charge in [0.25, 0.3) is 5.91 Å². The molecule has 7 heteroatoms. The van der Waals surface area contributed by atoms with Gasteiger partial charge in [0, 0.05) is 21.7 Å². The van der Waals surface area contributed by atoms with E-state index in [4.69, 9.17) is 16.9 Å². The van der Waals surface area contributed by atoms with E-state index >= 15 is 0 Å². The van der Waals surface area contributed by atoms with Crippen molar-refractivity contribution in [1.82, 2.24) is 4.90 Å². The lowest BCUT2D eigenvalue weighted by Gasteiger charge is -2.29. The van der Waals surface area contributed by atoms with Gasteiger partial charge < -0.3 is 10.0 Å². The number of carbonyl (C=O) groups is 2. The van der Waals surface area contributed by atoms with E-state index in [2.05, 4.69) is 6.07 Å². The molecular formula is C25H18ClFN2O3. The second-order valence-electron chi connectivity index (χ2n) is 7.56. The van der Waals surface area contributed by atoms with Gasteiger partial charge in [0.1, 0.15) is 11.9 Å².